The highest BCUT2D eigenvalue weighted by Crippen LogP contribution is 2.37. The monoisotopic (exact) mass is 486 g/mol. The highest BCUT2D eigenvalue weighted by Gasteiger charge is 2.31. The first-order valence-electron chi connectivity index (χ1n) is 12.3. The van der Waals surface area contributed by atoms with E-state index in [9.17, 15) is 9.59 Å². The zero-order valence-electron chi connectivity index (χ0n) is 20.6. The predicted molar refractivity (Wildman–Crippen MR) is 136 cm³/mol. The van der Waals surface area contributed by atoms with Crippen molar-refractivity contribution in [1.29, 1.82) is 0 Å². The quantitative estimate of drug-likeness (QED) is 0.429. The molecular formula is C30H30O6. The Morgan fingerprint density at radius 1 is 1.06 bits per heavy atom. The molecule has 1 fully saturated rings. The van der Waals surface area contributed by atoms with E-state index in [4.69, 9.17) is 19.3 Å². The molecule has 1 N–H and O–H groups in total. The van der Waals surface area contributed by atoms with Crippen LogP contribution in [0.5, 0.6) is 11.5 Å². The molecule has 5 rings (SSSR count). The summed E-state index contributed by atoms with van der Waals surface area (Å²) in [6, 6.07) is 17.8. The lowest BCUT2D eigenvalue weighted by Gasteiger charge is -2.17. The molecule has 2 atom stereocenters. The van der Waals surface area contributed by atoms with Gasteiger partial charge in [0.2, 0.25) is 0 Å². The van der Waals surface area contributed by atoms with Crippen LogP contribution in [-0.2, 0) is 16.1 Å². The third-order valence-corrected chi connectivity index (χ3v) is 6.94. The Bertz CT molecular complexity index is 1280. The molecule has 0 aromatic heterocycles. The van der Waals surface area contributed by atoms with Gasteiger partial charge in [-0.15, -0.1) is 0 Å². The first kappa shape index (κ1) is 24.1. The van der Waals surface area contributed by atoms with Gasteiger partial charge < -0.3 is 19.3 Å². The average Bonchev–Trinajstić information content (AvgIpc) is 3.45. The summed E-state index contributed by atoms with van der Waals surface area (Å²) in [6.07, 6.45) is 1.24. The molecule has 1 heterocycles. The minimum atomic E-state index is -0.892. The van der Waals surface area contributed by atoms with Gasteiger partial charge in [-0.1, -0.05) is 24.3 Å². The number of hydrogen-bond acceptors (Lipinski definition) is 5. The Morgan fingerprint density at radius 2 is 1.86 bits per heavy atom. The van der Waals surface area contributed by atoms with Gasteiger partial charge >= 0.3 is 5.97 Å². The SMILES string of the molecule is Cc1cc(O[C@@H]2CCOC2)cc(C)c1-c1cccc(COc2ccc3c(c2)C(=O)CC3CC(=O)O)c1. The van der Waals surface area contributed by atoms with Crippen molar-refractivity contribution in [2.45, 2.75) is 51.7 Å². The van der Waals surface area contributed by atoms with Gasteiger partial charge in [0.1, 0.15) is 24.2 Å². The van der Waals surface area contributed by atoms with Gasteiger partial charge in [-0.3, -0.25) is 9.59 Å². The van der Waals surface area contributed by atoms with Crippen LogP contribution in [0, 0.1) is 13.8 Å². The van der Waals surface area contributed by atoms with Crippen molar-refractivity contribution in [3.05, 3.63) is 82.4 Å². The van der Waals surface area contributed by atoms with E-state index in [0.29, 0.717) is 24.5 Å². The zero-order chi connectivity index (χ0) is 25.2. The first-order valence-corrected chi connectivity index (χ1v) is 12.3. The van der Waals surface area contributed by atoms with Crippen LogP contribution >= 0.6 is 0 Å². The minimum absolute atomic E-state index is 0.0254. The molecule has 3 aromatic rings. The number of carbonyl (C=O) groups is 2. The van der Waals surface area contributed by atoms with Gasteiger partial charge in [-0.05, 0) is 77.6 Å². The summed E-state index contributed by atoms with van der Waals surface area (Å²) in [7, 11) is 0. The number of Topliss-reactive ketones (excluding diaryl/α,β-unsaturated/α-hetero) is 1. The molecule has 1 unspecified atom stereocenters. The van der Waals surface area contributed by atoms with Crippen molar-refractivity contribution in [2.24, 2.45) is 0 Å². The van der Waals surface area contributed by atoms with E-state index in [0.717, 1.165) is 46.6 Å². The zero-order valence-corrected chi connectivity index (χ0v) is 20.6. The topological polar surface area (TPSA) is 82.1 Å². The summed E-state index contributed by atoms with van der Waals surface area (Å²) in [5.74, 6) is 0.304. The molecule has 3 aromatic carbocycles. The standard InChI is InChI=1S/C30H30O6/c1-18-10-25(36-24-8-9-34-17-24)11-19(2)30(18)21-5-3-4-20(12-21)16-35-23-6-7-26-22(14-29(32)33)13-28(31)27(26)15-23/h3-7,10-12,15,22,24H,8-9,13-14,16-17H2,1-2H3,(H,32,33)/t22?,24-/m1/s1. The van der Waals surface area contributed by atoms with E-state index in [-0.39, 0.29) is 30.6 Å². The molecule has 186 valence electrons. The molecule has 1 aliphatic heterocycles. The van der Waals surface area contributed by atoms with Crippen LogP contribution < -0.4 is 9.47 Å². The average molecular weight is 487 g/mol. The number of hydrogen-bond donors (Lipinski definition) is 1. The second-order valence-electron chi connectivity index (χ2n) is 9.70. The first-order chi connectivity index (χ1) is 17.4. The van der Waals surface area contributed by atoms with Crippen molar-refractivity contribution in [2.75, 3.05) is 13.2 Å². The Labute approximate surface area is 210 Å². The summed E-state index contributed by atoms with van der Waals surface area (Å²) in [5.41, 5.74) is 6.98. The number of carboxylic acids is 1. The summed E-state index contributed by atoms with van der Waals surface area (Å²) in [5, 5.41) is 9.11. The van der Waals surface area contributed by atoms with E-state index in [1.165, 1.54) is 5.56 Å². The molecule has 6 heteroatoms. The lowest BCUT2D eigenvalue weighted by molar-refractivity contribution is -0.137. The van der Waals surface area contributed by atoms with Crippen LogP contribution in [0.25, 0.3) is 11.1 Å². The van der Waals surface area contributed by atoms with Crippen molar-refractivity contribution in [1.82, 2.24) is 0 Å². The van der Waals surface area contributed by atoms with Crippen LogP contribution in [0.15, 0.2) is 54.6 Å². The number of aliphatic carboxylic acids is 1. The van der Waals surface area contributed by atoms with E-state index in [2.05, 4.69) is 38.1 Å². The predicted octanol–water partition coefficient (Wildman–Crippen LogP) is 5.86. The van der Waals surface area contributed by atoms with Crippen molar-refractivity contribution in [3.63, 3.8) is 0 Å². The number of carbonyl (C=O) groups excluding carboxylic acids is 1. The van der Waals surface area contributed by atoms with Crippen molar-refractivity contribution in [3.8, 4) is 22.6 Å². The molecule has 0 saturated carbocycles. The number of ether oxygens (including phenoxy) is 3. The summed E-state index contributed by atoms with van der Waals surface area (Å²) in [6.45, 7) is 5.96. The fourth-order valence-electron chi connectivity index (χ4n) is 5.29. The van der Waals surface area contributed by atoms with Gasteiger partial charge in [-0.25, -0.2) is 0 Å². The minimum Gasteiger partial charge on any atom is -0.489 e. The van der Waals surface area contributed by atoms with Crippen LogP contribution in [0.3, 0.4) is 0 Å². The number of benzene rings is 3. The highest BCUT2D eigenvalue weighted by molar-refractivity contribution is 6.02. The highest BCUT2D eigenvalue weighted by atomic mass is 16.5. The number of rotatable bonds is 8. The Hall–Kier alpha value is -3.64. The van der Waals surface area contributed by atoms with Crippen molar-refractivity contribution < 1.29 is 28.9 Å². The number of carboxylic acid groups (broad SMARTS) is 1. The van der Waals surface area contributed by atoms with Gasteiger partial charge in [0.15, 0.2) is 5.78 Å². The lowest BCUT2D eigenvalue weighted by atomic mass is 9.94. The van der Waals surface area contributed by atoms with Crippen LogP contribution in [0.2, 0.25) is 0 Å². The lowest BCUT2D eigenvalue weighted by Crippen LogP contribution is -2.15. The Kier molecular flexibility index (Phi) is 6.79. The van der Waals surface area contributed by atoms with Crippen molar-refractivity contribution >= 4 is 11.8 Å². The largest absolute Gasteiger partial charge is 0.489 e. The molecule has 2 aliphatic rings. The van der Waals surface area contributed by atoms with Crippen LogP contribution in [-0.4, -0.2) is 36.2 Å². The van der Waals surface area contributed by atoms with Gasteiger partial charge in [0.05, 0.1) is 19.6 Å². The van der Waals surface area contributed by atoms with E-state index >= 15 is 0 Å². The molecule has 0 amide bonds. The Morgan fingerprint density at radius 3 is 2.58 bits per heavy atom. The fraction of sp³-hybridized carbons (Fsp3) is 0.333. The molecule has 0 bridgehead atoms. The molecule has 1 saturated heterocycles. The number of fused-ring (bicyclic) bond motifs is 1. The van der Waals surface area contributed by atoms with Gasteiger partial charge in [0.25, 0.3) is 0 Å². The molecule has 36 heavy (non-hydrogen) atoms. The van der Waals surface area contributed by atoms with Crippen LogP contribution in [0.4, 0.5) is 0 Å². The molecule has 6 nitrogen and oxygen atoms in total. The normalized spacial score (nSPS) is 18.8. The number of ketones is 1. The summed E-state index contributed by atoms with van der Waals surface area (Å²) >= 11 is 0. The molecule has 1 aliphatic carbocycles. The fourth-order valence-corrected chi connectivity index (χ4v) is 5.29. The van der Waals surface area contributed by atoms with E-state index in [1.807, 2.05) is 24.3 Å². The van der Waals surface area contributed by atoms with Gasteiger partial charge in [-0.2, -0.15) is 0 Å². The molecule has 0 radical (unpaired) electrons. The maximum atomic E-state index is 12.4. The van der Waals surface area contributed by atoms with Crippen LogP contribution in [0.1, 0.15) is 57.8 Å². The maximum absolute atomic E-state index is 12.4. The number of aryl methyl sites for hydroxylation is 2. The maximum Gasteiger partial charge on any atom is 0.303 e. The van der Waals surface area contributed by atoms with Gasteiger partial charge in [0, 0.05) is 24.3 Å². The third-order valence-electron chi connectivity index (χ3n) is 6.94. The Balaban J connectivity index is 1.30. The van der Waals surface area contributed by atoms with E-state index < -0.39 is 5.97 Å². The van der Waals surface area contributed by atoms with E-state index in [1.54, 1.807) is 6.07 Å². The second-order valence-corrected chi connectivity index (χ2v) is 9.70. The molecular weight excluding hydrogens is 456 g/mol. The second kappa shape index (κ2) is 10.2. The summed E-state index contributed by atoms with van der Waals surface area (Å²) in [4.78, 5) is 23.5. The summed E-state index contributed by atoms with van der Waals surface area (Å²) < 4.78 is 17.6. The molecule has 0 spiro atoms. The third kappa shape index (κ3) is 5.14. The smallest absolute Gasteiger partial charge is 0.303 e.